The summed E-state index contributed by atoms with van der Waals surface area (Å²) in [6, 6.07) is 17.3. The summed E-state index contributed by atoms with van der Waals surface area (Å²) in [5.41, 5.74) is 4.28. The number of aromatic nitrogens is 2. The van der Waals surface area contributed by atoms with Gasteiger partial charge in [0.15, 0.2) is 0 Å². The van der Waals surface area contributed by atoms with Crippen LogP contribution in [0, 0.1) is 11.3 Å². The predicted molar refractivity (Wildman–Crippen MR) is 79.6 cm³/mol. The van der Waals surface area contributed by atoms with Gasteiger partial charge in [0.05, 0.1) is 34.6 Å². The third-order valence-corrected chi connectivity index (χ3v) is 2.95. The second-order valence-corrected chi connectivity index (χ2v) is 4.35. The van der Waals surface area contributed by atoms with Gasteiger partial charge in [-0.15, -0.1) is 0 Å². The maximum Gasteiger partial charge on any atom is 0.0991 e. The van der Waals surface area contributed by atoms with Crippen molar-refractivity contribution in [2.45, 2.75) is 0 Å². The molecule has 0 N–H and O–H groups in total. The summed E-state index contributed by atoms with van der Waals surface area (Å²) in [6.07, 6.45) is 5.63. The third-order valence-electron chi connectivity index (χ3n) is 2.95. The fourth-order valence-corrected chi connectivity index (χ4v) is 1.90. The maximum absolute atomic E-state index is 8.75. The normalized spacial score (nSPS) is 10.8. The van der Waals surface area contributed by atoms with Gasteiger partial charge >= 0.3 is 0 Å². The average Bonchev–Trinajstić information content (AvgIpc) is 2.53. The zero-order chi connectivity index (χ0) is 13.8. The van der Waals surface area contributed by atoms with Crippen molar-refractivity contribution < 1.29 is 0 Å². The smallest absolute Gasteiger partial charge is 0.0991 e. The highest BCUT2D eigenvalue weighted by atomic mass is 14.8. The van der Waals surface area contributed by atoms with Gasteiger partial charge < -0.3 is 0 Å². The molecule has 0 aliphatic heterocycles. The highest BCUT2D eigenvalue weighted by molar-refractivity contribution is 5.76. The molecule has 0 radical (unpaired) electrons. The van der Waals surface area contributed by atoms with Crippen molar-refractivity contribution in [3.05, 3.63) is 71.5 Å². The molecule has 0 aliphatic carbocycles. The molecule has 0 unspecified atom stereocenters. The monoisotopic (exact) mass is 257 g/mol. The SMILES string of the molecule is N#Cc1ccc(C=Cc2cnc3ccccc3n2)cc1. The summed E-state index contributed by atoms with van der Waals surface area (Å²) in [6.45, 7) is 0. The summed E-state index contributed by atoms with van der Waals surface area (Å²) < 4.78 is 0. The number of benzene rings is 2. The van der Waals surface area contributed by atoms with E-state index in [9.17, 15) is 0 Å². The number of rotatable bonds is 2. The Morgan fingerprint density at radius 1 is 0.900 bits per heavy atom. The first kappa shape index (κ1) is 12.1. The summed E-state index contributed by atoms with van der Waals surface area (Å²) >= 11 is 0. The zero-order valence-corrected chi connectivity index (χ0v) is 10.7. The van der Waals surface area contributed by atoms with E-state index in [-0.39, 0.29) is 0 Å². The number of hydrogen-bond acceptors (Lipinski definition) is 3. The lowest BCUT2D eigenvalue weighted by Crippen LogP contribution is -1.86. The van der Waals surface area contributed by atoms with Crippen LogP contribution in [0.2, 0.25) is 0 Å². The lowest BCUT2D eigenvalue weighted by Gasteiger charge is -1.98. The summed E-state index contributed by atoms with van der Waals surface area (Å²) in [7, 11) is 0. The van der Waals surface area contributed by atoms with Crippen LogP contribution in [0.4, 0.5) is 0 Å². The van der Waals surface area contributed by atoms with Crippen molar-refractivity contribution in [2.75, 3.05) is 0 Å². The van der Waals surface area contributed by atoms with Gasteiger partial charge in [-0.3, -0.25) is 4.98 Å². The molecule has 3 aromatic rings. The molecular weight excluding hydrogens is 246 g/mol. The Hall–Kier alpha value is -2.99. The molecule has 0 spiro atoms. The lowest BCUT2D eigenvalue weighted by atomic mass is 10.1. The van der Waals surface area contributed by atoms with E-state index in [1.165, 1.54) is 0 Å². The van der Waals surface area contributed by atoms with Gasteiger partial charge in [0.1, 0.15) is 0 Å². The van der Waals surface area contributed by atoms with Gasteiger partial charge in [0, 0.05) is 0 Å². The third kappa shape index (κ3) is 2.55. The molecule has 0 saturated heterocycles. The van der Waals surface area contributed by atoms with Crippen molar-refractivity contribution in [1.82, 2.24) is 9.97 Å². The topological polar surface area (TPSA) is 49.6 Å². The van der Waals surface area contributed by atoms with Gasteiger partial charge in [0.2, 0.25) is 0 Å². The molecule has 1 heterocycles. The van der Waals surface area contributed by atoms with E-state index in [4.69, 9.17) is 5.26 Å². The van der Waals surface area contributed by atoms with Gasteiger partial charge in [-0.2, -0.15) is 5.26 Å². The molecule has 0 atom stereocenters. The standard InChI is InChI=1S/C17H11N3/c18-11-14-7-5-13(6-8-14)9-10-15-12-19-16-3-1-2-4-17(16)20-15/h1-10,12H. The second-order valence-electron chi connectivity index (χ2n) is 4.35. The van der Waals surface area contributed by atoms with E-state index in [0.717, 1.165) is 22.3 Å². The first-order chi connectivity index (χ1) is 9.85. The maximum atomic E-state index is 8.75. The van der Waals surface area contributed by atoms with Crippen LogP contribution in [0.15, 0.2) is 54.7 Å². The van der Waals surface area contributed by atoms with E-state index >= 15 is 0 Å². The Labute approximate surface area is 116 Å². The van der Waals surface area contributed by atoms with Gasteiger partial charge in [-0.1, -0.05) is 30.3 Å². The van der Waals surface area contributed by atoms with E-state index in [1.54, 1.807) is 18.3 Å². The van der Waals surface area contributed by atoms with Gasteiger partial charge in [0.25, 0.3) is 0 Å². The molecule has 0 amide bonds. The summed E-state index contributed by atoms with van der Waals surface area (Å²) in [4.78, 5) is 8.89. The Kier molecular flexibility index (Phi) is 3.22. The van der Waals surface area contributed by atoms with Crippen molar-refractivity contribution in [2.24, 2.45) is 0 Å². The molecule has 3 rings (SSSR count). The van der Waals surface area contributed by atoms with Crippen LogP contribution in [0.5, 0.6) is 0 Å². The Morgan fingerprint density at radius 3 is 2.40 bits per heavy atom. The van der Waals surface area contributed by atoms with Crippen molar-refractivity contribution in [3.8, 4) is 6.07 Å². The van der Waals surface area contributed by atoms with E-state index in [0.29, 0.717) is 5.56 Å². The van der Waals surface area contributed by atoms with E-state index < -0.39 is 0 Å². The van der Waals surface area contributed by atoms with Crippen LogP contribution < -0.4 is 0 Å². The Bertz CT molecular complexity index is 812. The molecule has 2 aromatic carbocycles. The molecule has 1 aromatic heterocycles. The van der Waals surface area contributed by atoms with Crippen LogP contribution in [-0.4, -0.2) is 9.97 Å². The van der Waals surface area contributed by atoms with Crippen molar-refractivity contribution >= 4 is 23.2 Å². The number of hydrogen-bond donors (Lipinski definition) is 0. The van der Waals surface area contributed by atoms with Gasteiger partial charge in [-0.05, 0) is 35.9 Å². The minimum absolute atomic E-state index is 0.660. The van der Waals surface area contributed by atoms with Crippen LogP contribution in [0.1, 0.15) is 16.8 Å². The first-order valence-electron chi connectivity index (χ1n) is 6.25. The molecule has 94 valence electrons. The zero-order valence-electron chi connectivity index (χ0n) is 10.7. The number of nitrogens with zero attached hydrogens (tertiary/aromatic N) is 3. The van der Waals surface area contributed by atoms with E-state index in [2.05, 4.69) is 16.0 Å². The number of nitriles is 1. The fraction of sp³-hybridized carbons (Fsp3) is 0. The van der Waals surface area contributed by atoms with Gasteiger partial charge in [-0.25, -0.2) is 4.98 Å². The lowest BCUT2D eigenvalue weighted by molar-refractivity contribution is 1.27. The molecule has 0 fully saturated rings. The Morgan fingerprint density at radius 2 is 1.65 bits per heavy atom. The number of para-hydroxylation sites is 2. The average molecular weight is 257 g/mol. The number of fused-ring (bicyclic) bond motifs is 1. The molecule has 20 heavy (non-hydrogen) atoms. The summed E-state index contributed by atoms with van der Waals surface area (Å²) in [5.74, 6) is 0. The molecule has 0 aliphatic rings. The highest BCUT2D eigenvalue weighted by Crippen LogP contribution is 2.11. The van der Waals surface area contributed by atoms with Crippen molar-refractivity contribution in [1.29, 1.82) is 5.26 Å². The molecule has 3 nitrogen and oxygen atoms in total. The van der Waals surface area contributed by atoms with Crippen LogP contribution in [0.25, 0.3) is 23.2 Å². The first-order valence-corrected chi connectivity index (χ1v) is 6.25. The Balaban J connectivity index is 1.88. The van der Waals surface area contributed by atoms with Crippen LogP contribution >= 0.6 is 0 Å². The van der Waals surface area contributed by atoms with Crippen LogP contribution in [-0.2, 0) is 0 Å². The fourth-order valence-electron chi connectivity index (χ4n) is 1.90. The minimum Gasteiger partial charge on any atom is -0.252 e. The minimum atomic E-state index is 0.660. The predicted octanol–water partition coefficient (Wildman–Crippen LogP) is 3.67. The summed E-state index contributed by atoms with van der Waals surface area (Å²) in [5, 5.41) is 8.75. The van der Waals surface area contributed by atoms with E-state index in [1.807, 2.05) is 48.6 Å². The van der Waals surface area contributed by atoms with Crippen LogP contribution in [0.3, 0.4) is 0 Å². The molecule has 0 saturated carbocycles. The molecule has 3 heteroatoms. The van der Waals surface area contributed by atoms with Crippen molar-refractivity contribution in [3.63, 3.8) is 0 Å². The highest BCUT2D eigenvalue weighted by Gasteiger charge is 1.96. The molecule has 0 bridgehead atoms. The largest absolute Gasteiger partial charge is 0.252 e. The second kappa shape index (κ2) is 5.33. The molecular formula is C17H11N3. The quantitative estimate of drug-likeness (QED) is 0.703.